The number of aliphatic carboxylic acids is 2. The first-order chi connectivity index (χ1) is 16.7. The number of carbonyl (C=O) groups excluding carboxylic acids is 1. The monoisotopic (exact) mass is 478 g/mol. The second-order valence-electron chi connectivity index (χ2n) is 8.43. The molecule has 0 radical (unpaired) electrons. The predicted octanol–water partition coefficient (Wildman–Crippen LogP) is 4.00. The molecule has 0 amide bonds. The fourth-order valence-electron chi connectivity index (χ4n) is 4.40. The number of benzene rings is 2. The maximum atomic E-state index is 13.3. The topological polar surface area (TPSA) is 109 Å². The highest BCUT2D eigenvalue weighted by Crippen LogP contribution is 2.30. The van der Waals surface area contributed by atoms with Crippen molar-refractivity contribution in [2.24, 2.45) is 0 Å². The Hall–Kier alpha value is -3.91. The highest BCUT2D eigenvalue weighted by atomic mass is 16.5. The van der Waals surface area contributed by atoms with Crippen LogP contribution in [0.1, 0.15) is 34.5 Å². The maximum Gasteiger partial charge on any atom is 0.328 e. The number of methoxy groups -OCH3 is 1. The molecule has 0 bridgehead atoms. The van der Waals surface area contributed by atoms with Crippen LogP contribution in [0.15, 0.2) is 60.7 Å². The summed E-state index contributed by atoms with van der Waals surface area (Å²) in [7, 11) is 3.83. The molecular formula is C27H30N2O6. The van der Waals surface area contributed by atoms with Gasteiger partial charge in [0.15, 0.2) is 5.78 Å². The Bertz CT molecular complexity index is 1230. The molecular weight excluding hydrogens is 448 g/mol. The van der Waals surface area contributed by atoms with Gasteiger partial charge in [0.05, 0.1) is 12.7 Å². The molecule has 184 valence electrons. The lowest BCUT2D eigenvalue weighted by molar-refractivity contribution is -0.134. The quantitative estimate of drug-likeness (QED) is 0.390. The molecule has 2 N–H and O–H groups in total. The number of carboxylic acid groups (broad SMARTS) is 2. The maximum absolute atomic E-state index is 13.3. The summed E-state index contributed by atoms with van der Waals surface area (Å²) >= 11 is 0. The van der Waals surface area contributed by atoms with Gasteiger partial charge in [-0.2, -0.15) is 0 Å². The van der Waals surface area contributed by atoms with Crippen LogP contribution in [-0.2, 0) is 16.1 Å². The number of rotatable bonds is 7. The SMILES string of the molecule is COc1ccc(C(=O)c2c(C)n(CC3CCCN3C)c3ccccc23)cc1.O=C(O)/C=C\C(=O)O. The van der Waals surface area contributed by atoms with E-state index in [1.807, 2.05) is 30.3 Å². The minimum absolute atomic E-state index is 0.0740. The van der Waals surface area contributed by atoms with Crippen LogP contribution >= 0.6 is 0 Å². The first-order valence-electron chi connectivity index (χ1n) is 11.3. The summed E-state index contributed by atoms with van der Waals surface area (Å²) < 4.78 is 7.55. The molecule has 0 aliphatic carbocycles. The number of carboxylic acids is 2. The van der Waals surface area contributed by atoms with Crippen molar-refractivity contribution in [3.63, 3.8) is 0 Å². The lowest BCUT2D eigenvalue weighted by Gasteiger charge is -2.21. The number of likely N-dealkylation sites (N-methyl/N-ethyl adjacent to an activating group) is 1. The Balaban J connectivity index is 0.000000371. The number of fused-ring (bicyclic) bond motifs is 1. The summed E-state index contributed by atoms with van der Waals surface area (Å²) in [6.07, 6.45) is 3.58. The van der Waals surface area contributed by atoms with Crippen LogP contribution in [0.5, 0.6) is 5.75 Å². The van der Waals surface area contributed by atoms with Gasteiger partial charge in [0.25, 0.3) is 0 Å². The largest absolute Gasteiger partial charge is 0.497 e. The van der Waals surface area contributed by atoms with Crippen LogP contribution in [0.4, 0.5) is 0 Å². The smallest absolute Gasteiger partial charge is 0.328 e. The molecule has 1 atom stereocenters. The van der Waals surface area contributed by atoms with Crippen molar-refractivity contribution in [1.82, 2.24) is 9.47 Å². The van der Waals surface area contributed by atoms with Gasteiger partial charge in [-0.15, -0.1) is 0 Å². The first kappa shape index (κ1) is 25.7. The zero-order valence-corrected chi connectivity index (χ0v) is 20.1. The minimum Gasteiger partial charge on any atom is -0.497 e. The number of likely N-dealkylation sites (tertiary alicyclic amines) is 1. The third-order valence-electron chi connectivity index (χ3n) is 6.24. The van der Waals surface area contributed by atoms with E-state index < -0.39 is 11.9 Å². The van der Waals surface area contributed by atoms with Crippen LogP contribution < -0.4 is 4.74 Å². The Kier molecular flexibility index (Phi) is 8.43. The molecule has 0 saturated carbocycles. The Morgan fingerprint density at radius 1 is 1.03 bits per heavy atom. The average molecular weight is 479 g/mol. The molecule has 1 aliphatic heterocycles. The van der Waals surface area contributed by atoms with Crippen molar-refractivity contribution in [2.75, 3.05) is 20.7 Å². The van der Waals surface area contributed by atoms with Gasteiger partial charge in [0.2, 0.25) is 0 Å². The Labute approximate surface area is 204 Å². The van der Waals surface area contributed by atoms with E-state index in [0.717, 1.165) is 41.0 Å². The Morgan fingerprint density at radius 2 is 1.66 bits per heavy atom. The standard InChI is InChI=1S/C23H26N2O2.C4H4O4/c1-16-22(23(26)17-10-12-19(27-3)13-11-17)20-8-4-5-9-21(20)25(16)15-18-7-6-14-24(18)2;5-3(6)1-2-4(7)8/h4-5,8-13,18H,6-7,14-15H2,1-3H3;1-2H,(H,5,6)(H,7,8)/b;2-1-. The van der Waals surface area contributed by atoms with Crippen molar-refractivity contribution in [3.8, 4) is 5.75 Å². The zero-order valence-electron chi connectivity index (χ0n) is 20.1. The number of hydrogen-bond donors (Lipinski definition) is 2. The third-order valence-corrected chi connectivity index (χ3v) is 6.24. The van der Waals surface area contributed by atoms with E-state index in [-0.39, 0.29) is 5.78 Å². The number of ether oxygens (including phenoxy) is 1. The number of ketones is 1. The van der Waals surface area contributed by atoms with E-state index in [2.05, 4.69) is 41.6 Å². The van der Waals surface area contributed by atoms with Crippen molar-refractivity contribution >= 4 is 28.6 Å². The highest BCUT2D eigenvalue weighted by molar-refractivity contribution is 6.17. The number of carbonyl (C=O) groups is 3. The Morgan fingerprint density at radius 3 is 2.20 bits per heavy atom. The summed E-state index contributed by atoms with van der Waals surface area (Å²) in [6.45, 7) is 4.16. The lowest BCUT2D eigenvalue weighted by Crippen LogP contribution is -2.29. The summed E-state index contributed by atoms with van der Waals surface area (Å²) in [5.41, 5.74) is 3.71. The number of nitrogens with zero attached hydrogens (tertiary/aromatic N) is 2. The summed E-state index contributed by atoms with van der Waals surface area (Å²) in [5.74, 6) is -1.68. The van der Waals surface area contributed by atoms with Gasteiger partial charge in [-0.3, -0.25) is 4.79 Å². The first-order valence-corrected chi connectivity index (χ1v) is 11.3. The molecule has 2 aromatic carbocycles. The minimum atomic E-state index is -1.26. The fourth-order valence-corrected chi connectivity index (χ4v) is 4.40. The lowest BCUT2D eigenvalue weighted by atomic mass is 10.0. The number of hydrogen-bond acceptors (Lipinski definition) is 5. The molecule has 8 heteroatoms. The van der Waals surface area contributed by atoms with E-state index in [1.165, 1.54) is 12.8 Å². The molecule has 1 saturated heterocycles. The van der Waals surface area contributed by atoms with Gasteiger partial charge in [0.1, 0.15) is 5.75 Å². The molecule has 4 rings (SSSR count). The van der Waals surface area contributed by atoms with E-state index >= 15 is 0 Å². The van der Waals surface area contributed by atoms with Crippen molar-refractivity contribution in [3.05, 3.63) is 77.5 Å². The summed E-state index contributed by atoms with van der Waals surface area (Å²) in [4.78, 5) is 34.9. The normalized spacial score (nSPS) is 15.7. The second-order valence-corrected chi connectivity index (χ2v) is 8.43. The van der Waals surface area contributed by atoms with Gasteiger partial charge in [0, 0.05) is 46.9 Å². The average Bonchev–Trinajstić information content (AvgIpc) is 3.38. The molecule has 1 aromatic heterocycles. The molecule has 1 fully saturated rings. The zero-order chi connectivity index (χ0) is 25.5. The summed E-state index contributed by atoms with van der Waals surface area (Å²) in [6, 6.07) is 16.2. The van der Waals surface area contributed by atoms with E-state index in [0.29, 0.717) is 23.8 Å². The van der Waals surface area contributed by atoms with Gasteiger partial charge < -0.3 is 24.4 Å². The predicted molar refractivity (Wildman–Crippen MR) is 133 cm³/mol. The molecule has 3 aromatic rings. The number of para-hydroxylation sites is 1. The van der Waals surface area contributed by atoms with E-state index in [9.17, 15) is 14.4 Å². The van der Waals surface area contributed by atoms with Crippen molar-refractivity contribution < 1.29 is 29.3 Å². The molecule has 8 nitrogen and oxygen atoms in total. The van der Waals surface area contributed by atoms with Crippen LogP contribution in [0.2, 0.25) is 0 Å². The van der Waals surface area contributed by atoms with Crippen LogP contribution in [0, 0.1) is 6.92 Å². The molecule has 35 heavy (non-hydrogen) atoms. The number of aromatic nitrogens is 1. The van der Waals surface area contributed by atoms with Crippen LogP contribution in [-0.4, -0.2) is 64.1 Å². The van der Waals surface area contributed by atoms with Crippen molar-refractivity contribution in [2.45, 2.75) is 32.4 Å². The van der Waals surface area contributed by atoms with Gasteiger partial charge in [-0.1, -0.05) is 18.2 Å². The van der Waals surface area contributed by atoms with Gasteiger partial charge in [-0.25, -0.2) is 9.59 Å². The summed E-state index contributed by atoms with van der Waals surface area (Å²) in [5, 5.41) is 16.7. The highest BCUT2D eigenvalue weighted by Gasteiger charge is 2.26. The van der Waals surface area contributed by atoms with Gasteiger partial charge in [-0.05, 0) is 63.7 Å². The molecule has 1 unspecified atom stereocenters. The van der Waals surface area contributed by atoms with Gasteiger partial charge >= 0.3 is 11.9 Å². The molecule has 1 aliphatic rings. The fraction of sp³-hybridized carbons (Fsp3) is 0.296. The molecule has 0 spiro atoms. The molecule has 2 heterocycles. The second kappa shape index (κ2) is 11.5. The third kappa shape index (κ3) is 6.16. The van der Waals surface area contributed by atoms with Crippen molar-refractivity contribution in [1.29, 1.82) is 0 Å². The van der Waals surface area contributed by atoms with Crippen LogP contribution in [0.3, 0.4) is 0 Å². The van der Waals surface area contributed by atoms with Crippen LogP contribution in [0.25, 0.3) is 10.9 Å². The van der Waals surface area contributed by atoms with E-state index in [1.54, 1.807) is 7.11 Å². The van der Waals surface area contributed by atoms with E-state index in [4.69, 9.17) is 14.9 Å².